The molecule has 1 unspecified atom stereocenters. The Hall–Kier alpha value is -1.46. The lowest BCUT2D eigenvalue weighted by Crippen LogP contribution is -2.35. The van der Waals surface area contributed by atoms with Crippen molar-refractivity contribution in [2.75, 3.05) is 6.54 Å². The Morgan fingerprint density at radius 2 is 2.33 bits per heavy atom. The van der Waals surface area contributed by atoms with Gasteiger partial charge in [-0.05, 0) is 18.6 Å². The fourth-order valence-corrected chi connectivity index (χ4v) is 3.12. The molecule has 1 saturated heterocycles. The lowest BCUT2D eigenvalue weighted by atomic mass is 10.2. The summed E-state index contributed by atoms with van der Waals surface area (Å²) in [6.07, 6.45) is 1.60. The van der Waals surface area contributed by atoms with Crippen molar-refractivity contribution >= 4 is 27.5 Å². The van der Waals surface area contributed by atoms with Crippen molar-refractivity contribution in [1.82, 2.24) is 15.6 Å². The molecule has 5 heteroatoms. The highest BCUT2D eigenvalue weighted by Crippen LogP contribution is 2.21. The van der Waals surface area contributed by atoms with Gasteiger partial charge in [-0.25, -0.2) is 4.98 Å². The standard InChI is InChI=1S/C13H15N3OS/c17-12-6-5-9(15-12)7-14-8-13-16-10-3-1-2-4-11(10)18-13/h1-4,9,14H,5-8H2,(H,15,17). The molecule has 0 spiro atoms. The Morgan fingerprint density at radius 1 is 1.44 bits per heavy atom. The molecule has 0 aliphatic carbocycles. The van der Waals surface area contributed by atoms with Gasteiger partial charge in [-0.2, -0.15) is 0 Å². The fourth-order valence-electron chi connectivity index (χ4n) is 2.18. The van der Waals surface area contributed by atoms with Gasteiger partial charge in [-0.3, -0.25) is 4.79 Å². The van der Waals surface area contributed by atoms with Crippen LogP contribution in [0.3, 0.4) is 0 Å². The van der Waals surface area contributed by atoms with Gasteiger partial charge in [0.1, 0.15) is 5.01 Å². The zero-order valence-corrected chi connectivity index (χ0v) is 10.8. The van der Waals surface area contributed by atoms with E-state index in [-0.39, 0.29) is 11.9 Å². The second-order valence-corrected chi connectivity index (χ2v) is 5.62. The second kappa shape index (κ2) is 5.04. The molecule has 0 saturated carbocycles. The van der Waals surface area contributed by atoms with Crippen LogP contribution in [0.25, 0.3) is 10.2 Å². The number of nitrogens with zero attached hydrogens (tertiary/aromatic N) is 1. The summed E-state index contributed by atoms with van der Waals surface area (Å²) < 4.78 is 1.23. The fraction of sp³-hybridized carbons (Fsp3) is 0.385. The van der Waals surface area contributed by atoms with Gasteiger partial charge in [0.05, 0.1) is 10.2 Å². The van der Waals surface area contributed by atoms with Crippen LogP contribution in [0.4, 0.5) is 0 Å². The summed E-state index contributed by atoms with van der Waals surface area (Å²) in [6, 6.07) is 8.45. The molecule has 1 aromatic carbocycles. The Kier molecular flexibility index (Phi) is 3.25. The molecule has 1 aliphatic rings. The van der Waals surface area contributed by atoms with Crippen LogP contribution in [0, 0.1) is 0 Å². The molecule has 3 rings (SSSR count). The first-order chi connectivity index (χ1) is 8.81. The molecule has 2 heterocycles. The first kappa shape index (κ1) is 11.6. The number of thiazole rings is 1. The number of carbonyl (C=O) groups excluding carboxylic acids is 1. The van der Waals surface area contributed by atoms with Gasteiger partial charge in [0, 0.05) is 25.6 Å². The van der Waals surface area contributed by atoms with Gasteiger partial charge in [-0.15, -0.1) is 11.3 Å². The van der Waals surface area contributed by atoms with Crippen LogP contribution in [-0.2, 0) is 11.3 Å². The van der Waals surface area contributed by atoms with Gasteiger partial charge in [0.15, 0.2) is 0 Å². The number of hydrogen-bond donors (Lipinski definition) is 2. The van der Waals surface area contributed by atoms with Crippen LogP contribution in [0.15, 0.2) is 24.3 Å². The van der Waals surface area contributed by atoms with Gasteiger partial charge < -0.3 is 10.6 Å². The lowest BCUT2D eigenvalue weighted by Gasteiger charge is -2.09. The summed E-state index contributed by atoms with van der Waals surface area (Å²) in [5.74, 6) is 0.168. The number of carbonyl (C=O) groups is 1. The van der Waals surface area contributed by atoms with Crippen molar-refractivity contribution < 1.29 is 4.79 Å². The zero-order chi connectivity index (χ0) is 12.4. The number of rotatable bonds is 4. The molecule has 94 valence electrons. The Balaban J connectivity index is 1.55. The maximum atomic E-state index is 11.1. The van der Waals surface area contributed by atoms with E-state index in [4.69, 9.17) is 0 Å². The summed E-state index contributed by atoms with van der Waals surface area (Å²) in [6.45, 7) is 1.59. The van der Waals surface area contributed by atoms with Crippen LogP contribution in [0.2, 0.25) is 0 Å². The quantitative estimate of drug-likeness (QED) is 0.880. The molecule has 1 fully saturated rings. The predicted molar refractivity (Wildman–Crippen MR) is 72.5 cm³/mol. The molecule has 1 atom stereocenters. The molecule has 1 aromatic heterocycles. The predicted octanol–water partition coefficient (Wildman–Crippen LogP) is 1.66. The van der Waals surface area contributed by atoms with Gasteiger partial charge >= 0.3 is 0 Å². The number of fused-ring (bicyclic) bond motifs is 1. The summed E-state index contributed by atoms with van der Waals surface area (Å²) >= 11 is 1.72. The third kappa shape index (κ3) is 2.52. The third-order valence-corrected chi connectivity index (χ3v) is 4.13. The first-order valence-electron chi connectivity index (χ1n) is 6.16. The topological polar surface area (TPSA) is 54.0 Å². The SMILES string of the molecule is O=C1CCC(CNCc2nc3ccccc3s2)N1. The van der Waals surface area contributed by atoms with Crippen LogP contribution in [-0.4, -0.2) is 23.5 Å². The van der Waals surface area contributed by atoms with Crippen molar-refractivity contribution in [2.24, 2.45) is 0 Å². The first-order valence-corrected chi connectivity index (χ1v) is 6.97. The van der Waals surface area contributed by atoms with E-state index in [1.54, 1.807) is 11.3 Å². The molecule has 18 heavy (non-hydrogen) atoms. The van der Waals surface area contributed by atoms with Crippen molar-refractivity contribution in [3.8, 4) is 0 Å². The Bertz CT molecular complexity index is 533. The summed E-state index contributed by atoms with van der Waals surface area (Å²) in [4.78, 5) is 15.6. The monoisotopic (exact) mass is 261 g/mol. The van der Waals surface area contributed by atoms with E-state index in [9.17, 15) is 4.79 Å². The molecule has 2 aromatic rings. The number of nitrogens with one attached hydrogen (secondary N) is 2. The molecule has 1 amide bonds. The second-order valence-electron chi connectivity index (χ2n) is 4.51. The van der Waals surface area contributed by atoms with Crippen LogP contribution < -0.4 is 10.6 Å². The normalized spacial score (nSPS) is 19.3. The number of amides is 1. The van der Waals surface area contributed by atoms with E-state index < -0.39 is 0 Å². The highest BCUT2D eigenvalue weighted by molar-refractivity contribution is 7.18. The van der Waals surface area contributed by atoms with Crippen molar-refractivity contribution in [2.45, 2.75) is 25.4 Å². The highest BCUT2D eigenvalue weighted by atomic mass is 32.1. The number of hydrogen-bond acceptors (Lipinski definition) is 4. The van der Waals surface area contributed by atoms with Gasteiger partial charge in [0.2, 0.25) is 5.91 Å². The maximum Gasteiger partial charge on any atom is 0.220 e. The smallest absolute Gasteiger partial charge is 0.220 e. The Labute approximate surface area is 109 Å². The maximum absolute atomic E-state index is 11.1. The van der Waals surface area contributed by atoms with E-state index in [0.717, 1.165) is 30.0 Å². The lowest BCUT2D eigenvalue weighted by molar-refractivity contribution is -0.119. The van der Waals surface area contributed by atoms with Gasteiger partial charge in [-0.1, -0.05) is 12.1 Å². The average molecular weight is 261 g/mol. The molecule has 1 aliphatic heterocycles. The van der Waals surface area contributed by atoms with Crippen molar-refractivity contribution in [1.29, 1.82) is 0 Å². The Morgan fingerprint density at radius 3 is 3.11 bits per heavy atom. The molecule has 0 radical (unpaired) electrons. The van der Waals surface area contributed by atoms with Crippen LogP contribution in [0.1, 0.15) is 17.8 Å². The van der Waals surface area contributed by atoms with E-state index >= 15 is 0 Å². The van der Waals surface area contributed by atoms with Crippen molar-refractivity contribution in [3.05, 3.63) is 29.3 Å². The molecule has 0 bridgehead atoms. The molecular formula is C13H15N3OS. The molecule has 4 nitrogen and oxygen atoms in total. The highest BCUT2D eigenvalue weighted by Gasteiger charge is 2.19. The number of benzene rings is 1. The van der Waals surface area contributed by atoms with E-state index in [1.165, 1.54) is 4.70 Å². The largest absolute Gasteiger partial charge is 0.352 e. The van der Waals surface area contributed by atoms with E-state index in [0.29, 0.717) is 6.42 Å². The minimum atomic E-state index is 0.168. The van der Waals surface area contributed by atoms with Crippen LogP contribution >= 0.6 is 11.3 Å². The third-order valence-electron chi connectivity index (χ3n) is 3.09. The molecular weight excluding hydrogens is 246 g/mol. The van der Waals surface area contributed by atoms with E-state index in [1.807, 2.05) is 18.2 Å². The number of aromatic nitrogens is 1. The summed E-state index contributed by atoms with van der Waals surface area (Å²) in [5.41, 5.74) is 1.06. The van der Waals surface area contributed by atoms with Gasteiger partial charge in [0.25, 0.3) is 0 Å². The summed E-state index contributed by atoms with van der Waals surface area (Å²) in [7, 11) is 0. The minimum absolute atomic E-state index is 0.168. The average Bonchev–Trinajstić information content (AvgIpc) is 2.95. The summed E-state index contributed by atoms with van der Waals surface area (Å²) in [5, 5.41) is 7.40. The van der Waals surface area contributed by atoms with Crippen LogP contribution in [0.5, 0.6) is 0 Å². The van der Waals surface area contributed by atoms with Crippen molar-refractivity contribution in [3.63, 3.8) is 0 Å². The van der Waals surface area contributed by atoms with E-state index in [2.05, 4.69) is 21.7 Å². The zero-order valence-electron chi connectivity index (χ0n) is 9.98. The molecule has 2 N–H and O–H groups in total. The minimum Gasteiger partial charge on any atom is -0.352 e. The number of para-hydroxylation sites is 1.